The van der Waals surface area contributed by atoms with Crippen LogP contribution in [0.2, 0.25) is 0 Å². The molecule has 0 aromatic rings. The average molecular weight is 322 g/mol. The molecule has 1 aliphatic heterocycles. The van der Waals surface area contributed by atoms with Crippen molar-refractivity contribution in [2.45, 2.75) is 37.9 Å². The number of nitrogens with one attached hydrogen (secondary N) is 1. The maximum absolute atomic E-state index is 12.0. The predicted octanol–water partition coefficient (Wildman–Crippen LogP) is 0.767. The van der Waals surface area contributed by atoms with E-state index in [-0.39, 0.29) is 18.4 Å². The highest BCUT2D eigenvalue weighted by Gasteiger charge is 2.49. The first-order valence-corrected chi connectivity index (χ1v) is 7.05. The number of carboxylic acids is 1. The Morgan fingerprint density at radius 3 is 2.50 bits per heavy atom. The second-order valence-electron chi connectivity index (χ2n) is 5.75. The van der Waals surface area contributed by atoms with Crippen LogP contribution in [0.5, 0.6) is 0 Å². The molecule has 124 valence electrons. The molecule has 2 aliphatic rings. The van der Waals surface area contributed by atoms with E-state index in [9.17, 15) is 32.7 Å². The summed E-state index contributed by atoms with van der Waals surface area (Å²) in [5, 5.41) is 10.9. The van der Waals surface area contributed by atoms with Crippen LogP contribution in [0.25, 0.3) is 0 Å². The summed E-state index contributed by atoms with van der Waals surface area (Å²) in [4.78, 5) is 35.9. The Balaban J connectivity index is 1.94. The van der Waals surface area contributed by atoms with Crippen LogP contribution in [0, 0.1) is 11.8 Å². The van der Waals surface area contributed by atoms with Gasteiger partial charge in [0.2, 0.25) is 11.8 Å². The van der Waals surface area contributed by atoms with Gasteiger partial charge in [0.25, 0.3) is 0 Å². The smallest absolute Gasteiger partial charge is 0.405 e. The third-order valence-corrected chi connectivity index (χ3v) is 4.26. The number of amides is 2. The highest BCUT2D eigenvalue weighted by Crippen LogP contribution is 2.42. The topological polar surface area (TPSA) is 86.7 Å². The summed E-state index contributed by atoms with van der Waals surface area (Å²) in [6, 6.07) is -0.976. The number of halogens is 3. The van der Waals surface area contributed by atoms with Crippen molar-refractivity contribution in [1.29, 1.82) is 0 Å². The molecule has 1 heterocycles. The summed E-state index contributed by atoms with van der Waals surface area (Å²) in [5.74, 6) is -2.94. The normalized spacial score (nSPS) is 27.6. The minimum Gasteiger partial charge on any atom is -0.480 e. The third-order valence-electron chi connectivity index (χ3n) is 4.26. The first-order chi connectivity index (χ1) is 10.2. The molecule has 0 aromatic carbocycles. The maximum Gasteiger partial charge on any atom is 0.405 e. The summed E-state index contributed by atoms with van der Waals surface area (Å²) in [6.07, 6.45) is -2.86. The molecule has 1 saturated carbocycles. The van der Waals surface area contributed by atoms with E-state index in [1.54, 1.807) is 5.32 Å². The van der Waals surface area contributed by atoms with Crippen molar-refractivity contribution in [1.82, 2.24) is 10.2 Å². The fourth-order valence-electron chi connectivity index (χ4n) is 3.38. The Morgan fingerprint density at radius 1 is 1.23 bits per heavy atom. The van der Waals surface area contributed by atoms with Gasteiger partial charge in [-0.05, 0) is 24.7 Å². The quantitative estimate of drug-likeness (QED) is 0.749. The highest BCUT2D eigenvalue weighted by atomic mass is 19.4. The number of alkyl halides is 3. The molecule has 6 nitrogen and oxygen atoms in total. The molecular formula is C13H17F3N2O4. The van der Waals surface area contributed by atoms with E-state index in [4.69, 9.17) is 0 Å². The van der Waals surface area contributed by atoms with E-state index in [1.165, 1.54) is 0 Å². The monoisotopic (exact) mass is 322 g/mol. The van der Waals surface area contributed by atoms with Crippen molar-refractivity contribution in [3.63, 3.8) is 0 Å². The van der Waals surface area contributed by atoms with Gasteiger partial charge in [-0.15, -0.1) is 0 Å². The van der Waals surface area contributed by atoms with Crippen molar-refractivity contribution >= 4 is 17.8 Å². The lowest BCUT2D eigenvalue weighted by Crippen LogP contribution is -2.45. The summed E-state index contributed by atoms with van der Waals surface area (Å²) >= 11 is 0. The number of aliphatic carboxylic acids is 1. The Hall–Kier alpha value is -1.80. The lowest BCUT2D eigenvalue weighted by atomic mass is 9.94. The van der Waals surface area contributed by atoms with Crippen molar-refractivity contribution in [3.8, 4) is 0 Å². The van der Waals surface area contributed by atoms with Gasteiger partial charge < -0.3 is 15.3 Å². The molecule has 2 fully saturated rings. The fourth-order valence-corrected chi connectivity index (χ4v) is 3.38. The number of rotatable bonds is 4. The Bertz CT molecular complexity index is 480. The molecular weight excluding hydrogens is 305 g/mol. The van der Waals surface area contributed by atoms with Crippen LogP contribution in [-0.4, -0.2) is 53.1 Å². The number of carbonyl (C=O) groups excluding carboxylic acids is 2. The molecule has 2 N–H and O–H groups in total. The average Bonchev–Trinajstić information content (AvgIpc) is 2.94. The van der Waals surface area contributed by atoms with Gasteiger partial charge in [-0.25, -0.2) is 4.79 Å². The third kappa shape index (κ3) is 3.69. The van der Waals surface area contributed by atoms with E-state index in [0.717, 1.165) is 17.7 Å². The van der Waals surface area contributed by atoms with Crippen LogP contribution in [0.3, 0.4) is 0 Å². The number of hydrogen-bond acceptors (Lipinski definition) is 3. The summed E-state index contributed by atoms with van der Waals surface area (Å²) in [6.45, 7) is -1.25. The van der Waals surface area contributed by atoms with Gasteiger partial charge in [0.1, 0.15) is 19.0 Å². The van der Waals surface area contributed by atoms with E-state index in [0.29, 0.717) is 6.42 Å². The molecule has 2 amide bonds. The Labute approximate surface area is 124 Å². The zero-order chi connectivity index (χ0) is 16.5. The second-order valence-corrected chi connectivity index (χ2v) is 5.75. The lowest BCUT2D eigenvalue weighted by molar-refractivity contribution is -0.151. The molecule has 1 saturated heterocycles. The molecule has 0 radical (unpaired) electrons. The van der Waals surface area contributed by atoms with Gasteiger partial charge >= 0.3 is 12.1 Å². The summed E-state index contributed by atoms with van der Waals surface area (Å²) in [7, 11) is 0. The molecule has 0 bridgehead atoms. The minimum absolute atomic E-state index is 0.100. The Morgan fingerprint density at radius 2 is 1.91 bits per heavy atom. The zero-order valence-electron chi connectivity index (χ0n) is 11.7. The molecule has 22 heavy (non-hydrogen) atoms. The number of nitrogens with zero attached hydrogens (tertiary/aromatic N) is 1. The van der Waals surface area contributed by atoms with Crippen molar-refractivity contribution < 1.29 is 32.7 Å². The molecule has 3 atom stereocenters. The van der Waals surface area contributed by atoms with Crippen molar-refractivity contribution in [2.24, 2.45) is 11.8 Å². The van der Waals surface area contributed by atoms with Crippen LogP contribution >= 0.6 is 0 Å². The van der Waals surface area contributed by atoms with Gasteiger partial charge in [-0.2, -0.15) is 13.2 Å². The number of carboxylic acid groups (broad SMARTS) is 1. The number of likely N-dealkylation sites (tertiary alicyclic amines) is 1. The Kier molecular flexibility index (Phi) is 4.62. The van der Waals surface area contributed by atoms with Crippen molar-refractivity contribution in [3.05, 3.63) is 0 Å². The van der Waals surface area contributed by atoms with Gasteiger partial charge in [0, 0.05) is 6.54 Å². The van der Waals surface area contributed by atoms with Crippen LogP contribution in [0.1, 0.15) is 25.7 Å². The van der Waals surface area contributed by atoms with Gasteiger partial charge in [0.05, 0.1) is 0 Å². The largest absolute Gasteiger partial charge is 0.480 e. The van der Waals surface area contributed by atoms with Gasteiger partial charge in [-0.1, -0.05) is 6.42 Å². The van der Waals surface area contributed by atoms with Crippen molar-refractivity contribution in [2.75, 3.05) is 13.1 Å². The predicted molar refractivity (Wildman–Crippen MR) is 67.6 cm³/mol. The molecule has 1 aliphatic carbocycles. The van der Waals surface area contributed by atoms with E-state index < -0.39 is 43.0 Å². The van der Waals surface area contributed by atoms with Crippen LogP contribution in [0.15, 0.2) is 0 Å². The molecule has 0 spiro atoms. The summed E-state index contributed by atoms with van der Waals surface area (Å²) < 4.78 is 36.0. The number of hydrogen-bond donors (Lipinski definition) is 2. The molecule has 3 unspecified atom stereocenters. The number of fused-ring (bicyclic) bond motifs is 1. The van der Waals surface area contributed by atoms with Gasteiger partial charge in [0.15, 0.2) is 0 Å². The second kappa shape index (κ2) is 6.13. The first-order valence-electron chi connectivity index (χ1n) is 7.05. The van der Waals surface area contributed by atoms with Crippen LogP contribution in [-0.2, 0) is 14.4 Å². The van der Waals surface area contributed by atoms with E-state index >= 15 is 0 Å². The van der Waals surface area contributed by atoms with Crippen LogP contribution in [0.4, 0.5) is 13.2 Å². The summed E-state index contributed by atoms with van der Waals surface area (Å²) in [5.41, 5.74) is 0. The molecule has 0 aromatic heterocycles. The fraction of sp³-hybridized carbons (Fsp3) is 0.769. The first kappa shape index (κ1) is 16.6. The zero-order valence-corrected chi connectivity index (χ0v) is 11.7. The number of carbonyl (C=O) groups is 3. The highest BCUT2D eigenvalue weighted by molar-refractivity contribution is 5.98. The SMILES string of the molecule is O=C(CC(=O)N1CC2CCCC2C1C(=O)O)NCC(F)(F)F. The van der Waals surface area contributed by atoms with Gasteiger partial charge in [-0.3, -0.25) is 9.59 Å². The molecule has 2 rings (SSSR count). The minimum atomic E-state index is -4.55. The standard InChI is InChI=1S/C13H17F3N2O4/c14-13(15,16)6-17-9(19)4-10(20)18-5-7-2-1-3-8(7)11(18)12(21)22/h7-8,11H,1-6H2,(H,17,19)(H,21,22). The van der Waals surface area contributed by atoms with E-state index in [2.05, 4.69) is 0 Å². The van der Waals surface area contributed by atoms with E-state index in [1.807, 2.05) is 0 Å². The van der Waals surface area contributed by atoms with Crippen LogP contribution < -0.4 is 5.32 Å². The molecule has 9 heteroatoms. The maximum atomic E-state index is 12.0. The lowest BCUT2D eigenvalue weighted by Gasteiger charge is -2.24.